The molecule has 1 amide bonds. The third-order valence-corrected chi connectivity index (χ3v) is 3.91. The van der Waals surface area contributed by atoms with Crippen LogP contribution in [0.3, 0.4) is 0 Å². The van der Waals surface area contributed by atoms with E-state index in [-0.39, 0.29) is 5.91 Å². The molecule has 0 unspecified atom stereocenters. The third kappa shape index (κ3) is 3.30. The van der Waals surface area contributed by atoms with E-state index in [0.717, 1.165) is 42.6 Å². The van der Waals surface area contributed by atoms with Crippen LogP contribution in [0.25, 0.3) is 0 Å². The molecule has 0 saturated heterocycles. The number of anilines is 1. The largest absolute Gasteiger partial charge is 0.494 e. The van der Waals surface area contributed by atoms with Crippen LogP contribution in [0.4, 0.5) is 5.69 Å². The van der Waals surface area contributed by atoms with Gasteiger partial charge in [0.25, 0.3) is 0 Å². The summed E-state index contributed by atoms with van der Waals surface area (Å²) in [5.41, 5.74) is 2.22. The molecule has 0 atom stereocenters. The Hall–Kier alpha value is -1.03. The van der Waals surface area contributed by atoms with E-state index < -0.39 is 0 Å². The molecule has 1 aromatic rings. The second-order valence-electron chi connectivity index (χ2n) is 4.63. The van der Waals surface area contributed by atoms with E-state index in [2.05, 4.69) is 15.9 Å². The molecule has 0 aromatic heterocycles. The van der Waals surface area contributed by atoms with Gasteiger partial charge in [0.15, 0.2) is 0 Å². The maximum absolute atomic E-state index is 12.1. The minimum Gasteiger partial charge on any atom is -0.494 e. The Kier molecular flexibility index (Phi) is 5.25. The van der Waals surface area contributed by atoms with Crippen molar-refractivity contribution in [2.45, 2.75) is 32.6 Å². The van der Waals surface area contributed by atoms with Gasteiger partial charge in [-0.3, -0.25) is 4.79 Å². The minimum atomic E-state index is 0.232. The first-order valence-electron chi connectivity index (χ1n) is 6.89. The number of carbonyl (C=O) groups excluding carboxylic acids is 1. The first-order valence-corrected chi connectivity index (χ1v) is 8.01. The molecular weight excluding hydrogens is 306 g/mol. The first-order chi connectivity index (χ1) is 9.27. The van der Waals surface area contributed by atoms with E-state index in [4.69, 9.17) is 4.74 Å². The van der Waals surface area contributed by atoms with Crippen LogP contribution in [0.5, 0.6) is 5.75 Å². The summed E-state index contributed by atoms with van der Waals surface area (Å²) in [4.78, 5) is 14.0. The highest BCUT2D eigenvalue weighted by Crippen LogP contribution is 2.34. The summed E-state index contributed by atoms with van der Waals surface area (Å²) in [5, 5.41) is 0.987. The molecule has 1 aliphatic rings. The first kappa shape index (κ1) is 14.4. The lowest BCUT2D eigenvalue weighted by Gasteiger charge is -2.30. The van der Waals surface area contributed by atoms with Crippen LogP contribution in [0.2, 0.25) is 0 Å². The predicted octanol–water partition coefficient (Wildman–Crippen LogP) is 3.54. The van der Waals surface area contributed by atoms with E-state index in [1.807, 2.05) is 30.0 Å². The summed E-state index contributed by atoms with van der Waals surface area (Å²) >= 11 is 3.43. The van der Waals surface area contributed by atoms with Crippen LogP contribution >= 0.6 is 15.9 Å². The van der Waals surface area contributed by atoms with Gasteiger partial charge in [-0.25, -0.2) is 0 Å². The van der Waals surface area contributed by atoms with Gasteiger partial charge in [0.1, 0.15) is 5.75 Å². The number of unbranched alkanes of at least 4 members (excludes halogenated alkanes) is 1. The lowest BCUT2D eigenvalue weighted by Crippen LogP contribution is -2.36. The molecule has 0 aliphatic carbocycles. The number of ether oxygens (including phenoxy) is 1. The van der Waals surface area contributed by atoms with Gasteiger partial charge in [-0.05, 0) is 38.3 Å². The van der Waals surface area contributed by atoms with E-state index in [1.54, 1.807) is 0 Å². The van der Waals surface area contributed by atoms with E-state index in [9.17, 15) is 4.79 Å². The highest BCUT2D eigenvalue weighted by atomic mass is 79.9. The lowest BCUT2D eigenvalue weighted by atomic mass is 9.99. The summed E-state index contributed by atoms with van der Waals surface area (Å²) in [7, 11) is 0. The van der Waals surface area contributed by atoms with Gasteiger partial charge in [-0.15, -0.1) is 0 Å². The number of nitrogens with zero attached hydrogens (tertiary/aromatic N) is 1. The zero-order valence-electron chi connectivity index (χ0n) is 11.3. The molecular formula is C15H20BrNO2. The predicted molar refractivity (Wildman–Crippen MR) is 81.3 cm³/mol. The van der Waals surface area contributed by atoms with Gasteiger partial charge in [-0.1, -0.05) is 22.0 Å². The average Bonchev–Trinajstić information content (AvgIpc) is 2.42. The third-order valence-electron chi connectivity index (χ3n) is 3.35. The number of fused-ring (bicyclic) bond motifs is 1. The molecule has 2 rings (SSSR count). The highest BCUT2D eigenvalue weighted by molar-refractivity contribution is 9.09. The molecule has 1 aliphatic heterocycles. The van der Waals surface area contributed by atoms with Gasteiger partial charge in [0.05, 0.1) is 12.3 Å². The zero-order valence-corrected chi connectivity index (χ0v) is 12.9. The minimum absolute atomic E-state index is 0.232. The Morgan fingerprint density at radius 3 is 2.89 bits per heavy atom. The molecule has 0 spiro atoms. The van der Waals surface area contributed by atoms with E-state index >= 15 is 0 Å². The second-order valence-corrected chi connectivity index (χ2v) is 5.42. The summed E-state index contributed by atoms with van der Waals surface area (Å²) < 4.78 is 5.67. The van der Waals surface area contributed by atoms with Gasteiger partial charge in [0, 0.05) is 23.9 Å². The van der Waals surface area contributed by atoms with Gasteiger partial charge in [0.2, 0.25) is 5.91 Å². The average molecular weight is 326 g/mol. The zero-order chi connectivity index (χ0) is 13.7. The van der Waals surface area contributed by atoms with Crippen molar-refractivity contribution in [2.75, 3.05) is 23.4 Å². The Labute approximate surface area is 123 Å². The van der Waals surface area contributed by atoms with Crippen molar-refractivity contribution in [3.8, 4) is 5.75 Å². The number of alkyl halides is 1. The Bertz CT molecular complexity index is 448. The number of carbonyl (C=O) groups is 1. The maximum atomic E-state index is 12.1. The van der Waals surface area contributed by atoms with Gasteiger partial charge < -0.3 is 9.64 Å². The standard InChI is InChI=1S/C15H20BrNO2/c1-2-19-14-7-5-6-13-12(14)8-9-15(18)17(13)11-4-3-10-16/h5-7H,2-4,8-11H2,1H3. The fraction of sp³-hybridized carbons (Fsp3) is 0.533. The van der Waals surface area contributed by atoms with Crippen LogP contribution in [0.15, 0.2) is 18.2 Å². The SMILES string of the molecule is CCOc1cccc2c1CCC(=O)N2CCCCBr. The van der Waals surface area contributed by atoms with E-state index in [0.29, 0.717) is 13.0 Å². The molecule has 1 aromatic carbocycles. The normalized spacial score (nSPS) is 14.4. The summed E-state index contributed by atoms with van der Waals surface area (Å²) in [5.74, 6) is 1.16. The number of rotatable bonds is 6. The van der Waals surface area contributed by atoms with Crippen molar-refractivity contribution in [1.82, 2.24) is 0 Å². The molecule has 0 saturated carbocycles. The van der Waals surface area contributed by atoms with Crippen molar-refractivity contribution >= 4 is 27.5 Å². The number of hydrogen-bond acceptors (Lipinski definition) is 2. The molecule has 104 valence electrons. The molecule has 19 heavy (non-hydrogen) atoms. The van der Waals surface area contributed by atoms with Crippen LogP contribution in [0, 0.1) is 0 Å². The quantitative estimate of drug-likeness (QED) is 0.591. The number of halogens is 1. The van der Waals surface area contributed by atoms with Crippen LogP contribution in [0.1, 0.15) is 31.7 Å². The number of amides is 1. The molecule has 0 bridgehead atoms. The second kappa shape index (κ2) is 6.94. The van der Waals surface area contributed by atoms with Crippen LogP contribution in [-0.2, 0) is 11.2 Å². The van der Waals surface area contributed by atoms with Gasteiger partial charge >= 0.3 is 0 Å². The van der Waals surface area contributed by atoms with Crippen molar-refractivity contribution in [3.05, 3.63) is 23.8 Å². The topological polar surface area (TPSA) is 29.5 Å². The molecule has 0 radical (unpaired) electrons. The fourth-order valence-electron chi connectivity index (χ4n) is 2.46. The Morgan fingerprint density at radius 2 is 2.16 bits per heavy atom. The smallest absolute Gasteiger partial charge is 0.227 e. The summed E-state index contributed by atoms with van der Waals surface area (Å²) in [6.45, 7) is 3.45. The lowest BCUT2D eigenvalue weighted by molar-refractivity contribution is -0.118. The van der Waals surface area contributed by atoms with Crippen molar-refractivity contribution in [3.63, 3.8) is 0 Å². The van der Waals surface area contributed by atoms with Gasteiger partial charge in [-0.2, -0.15) is 0 Å². The summed E-state index contributed by atoms with van der Waals surface area (Å²) in [6, 6.07) is 6.00. The molecule has 0 fully saturated rings. The van der Waals surface area contributed by atoms with Crippen molar-refractivity contribution < 1.29 is 9.53 Å². The Balaban J connectivity index is 2.23. The maximum Gasteiger partial charge on any atom is 0.227 e. The van der Waals surface area contributed by atoms with E-state index in [1.165, 1.54) is 5.56 Å². The fourth-order valence-corrected chi connectivity index (χ4v) is 2.86. The number of benzene rings is 1. The molecule has 4 heteroatoms. The van der Waals surface area contributed by atoms with Crippen molar-refractivity contribution in [2.24, 2.45) is 0 Å². The summed E-state index contributed by atoms with van der Waals surface area (Å²) in [6.07, 6.45) is 3.49. The Morgan fingerprint density at radius 1 is 1.32 bits per heavy atom. The molecule has 1 heterocycles. The molecule has 3 nitrogen and oxygen atoms in total. The molecule has 0 N–H and O–H groups in total. The highest BCUT2D eigenvalue weighted by Gasteiger charge is 2.25. The monoisotopic (exact) mass is 325 g/mol. The number of hydrogen-bond donors (Lipinski definition) is 0. The van der Waals surface area contributed by atoms with Crippen molar-refractivity contribution in [1.29, 1.82) is 0 Å². The van der Waals surface area contributed by atoms with Crippen LogP contribution < -0.4 is 9.64 Å². The van der Waals surface area contributed by atoms with Crippen LogP contribution in [-0.4, -0.2) is 24.4 Å².